The number of thioether (sulfide) groups is 1. The average molecular weight is 443 g/mol. The molecule has 0 radical (unpaired) electrons. The van der Waals surface area contributed by atoms with Gasteiger partial charge in [0.05, 0.1) is 31.8 Å². The first-order chi connectivity index (χ1) is 15.0. The number of nitrogens with one attached hydrogen (secondary N) is 1. The summed E-state index contributed by atoms with van der Waals surface area (Å²) in [7, 11) is 4.35. The molecule has 0 spiro atoms. The summed E-state index contributed by atoms with van der Waals surface area (Å²) in [6.45, 7) is 0.116. The van der Waals surface area contributed by atoms with E-state index in [1.54, 1.807) is 42.7 Å². The third-order valence-electron chi connectivity index (χ3n) is 4.43. The number of aromatic nitrogens is 1. The molecule has 31 heavy (non-hydrogen) atoms. The maximum Gasteiger partial charge on any atom is 0.293 e. The van der Waals surface area contributed by atoms with Gasteiger partial charge >= 0.3 is 0 Å². The van der Waals surface area contributed by atoms with Gasteiger partial charge in [-0.1, -0.05) is 6.07 Å². The standard InChI is InChI=1S/C21H21N3O6S/c1-28-15-7-6-14(17(29-2)18(15)30-3)19(25)23-9-10-24-20(26)16(31-21(24)27)11-13-5-4-8-22-12-13/h4-8,11-12H,9-10H2,1-3H3,(H,23,25)/b16-11-. The van der Waals surface area contributed by atoms with Crippen LogP contribution in [-0.2, 0) is 4.79 Å². The maximum atomic E-state index is 12.6. The number of benzene rings is 1. The molecular formula is C21H21N3O6S. The first-order valence-electron chi connectivity index (χ1n) is 9.22. The van der Waals surface area contributed by atoms with Gasteiger partial charge in [-0.15, -0.1) is 0 Å². The lowest BCUT2D eigenvalue weighted by atomic mass is 10.1. The molecule has 9 nitrogen and oxygen atoms in total. The van der Waals surface area contributed by atoms with Crippen molar-refractivity contribution in [2.24, 2.45) is 0 Å². The van der Waals surface area contributed by atoms with Gasteiger partial charge in [0.25, 0.3) is 17.1 Å². The minimum Gasteiger partial charge on any atom is -0.493 e. The van der Waals surface area contributed by atoms with E-state index >= 15 is 0 Å². The monoisotopic (exact) mass is 443 g/mol. The molecule has 1 aromatic carbocycles. The molecule has 162 valence electrons. The number of carbonyl (C=O) groups is 3. The van der Waals surface area contributed by atoms with Gasteiger partial charge in [-0.25, -0.2) is 0 Å². The van der Waals surface area contributed by atoms with Crippen LogP contribution in [0.4, 0.5) is 4.79 Å². The Bertz CT molecular complexity index is 1030. The van der Waals surface area contributed by atoms with Crippen molar-refractivity contribution in [2.75, 3.05) is 34.4 Å². The van der Waals surface area contributed by atoms with Crippen LogP contribution in [-0.4, -0.2) is 61.4 Å². The Labute approximate surface area is 183 Å². The van der Waals surface area contributed by atoms with Gasteiger partial charge in [-0.05, 0) is 41.6 Å². The van der Waals surface area contributed by atoms with Crippen LogP contribution in [0.15, 0.2) is 41.6 Å². The number of amides is 3. The average Bonchev–Trinajstić information content (AvgIpc) is 3.05. The topological polar surface area (TPSA) is 107 Å². The Kier molecular flexibility index (Phi) is 7.14. The normalized spacial score (nSPS) is 14.7. The van der Waals surface area contributed by atoms with Crippen LogP contribution >= 0.6 is 11.8 Å². The molecule has 1 aromatic heterocycles. The highest BCUT2D eigenvalue weighted by Crippen LogP contribution is 2.39. The highest BCUT2D eigenvalue weighted by molar-refractivity contribution is 8.18. The summed E-state index contributed by atoms with van der Waals surface area (Å²) in [6, 6.07) is 6.67. The Morgan fingerprint density at radius 1 is 1.13 bits per heavy atom. The number of methoxy groups -OCH3 is 3. The number of nitrogens with zero attached hydrogens (tertiary/aromatic N) is 2. The van der Waals surface area contributed by atoms with E-state index < -0.39 is 17.1 Å². The Morgan fingerprint density at radius 3 is 2.55 bits per heavy atom. The van der Waals surface area contributed by atoms with Gasteiger partial charge in [0.2, 0.25) is 5.75 Å². The minimum atomic E-state index is -0.435. The SMILES string of the molecule is COc1ccc(C(=O)NCCN2C(=O)S/C(=C\c3cccnc3)C2=O)c(OC)c1OC. The van der Waals surface area contributed by atoms with Gasteiger partial charge in [0.15, 0.2) is 11.5 Å². The molecule has 1 saturated heterocycles. The number of carbonyl (C=O) groups excluding carboxylic acids is 3. The minimum absolute atomic E-state index is 0.0381. The molecule has 0 unspecified atom stereocenters. The number of hydrogen-bond donors (Lipinski definition) is 1. The molecule has 0 atom stereocenters. The van der Waals surface area contributed by atoms with Crippen molar-refractivity contribution in [3.8, 4) is 17.2 Å². The van der Waals surface area contributed by atoms with Crippen molar-refractivity contribution in [1.82, 2.24) is 15.2 Å². The summed E-state index contributed by atoms with van der Waals surface area (Å²) in [5.41, 5.74) is 0.965. The maximum absolute atomic E-state index is 12.6. The van der Waals surface area contributed by atoms with Crippen LogP contribution in [0.5, 0.6) is 17.2 Å². The molecule has 0 saturated carbocycles. The molecule has 3 amide bonds. The highest BCUT2D eigenvalue weighted by Gasteiger charge is 2.34. The molecule has 1 aliphatic heterocycles. The molecule has 0 aliphatic carbocycles. The van der Waals surface area contributed by atoms with Crippen LogP contribution < -0.4 is 19.5 Å². The summed E-state index contributed by atoms with van der Waals surface area (Å²) in [4.78, 5) is 42.8. The third-order valence-corrected chi connectivity index (χ3v) is 5.33. The van der Waals surface area contributed by atoms with Crippen molar-refractivity contribution >= 4 is 34.9 Å². The van der Waals surface area contributed by atoms with Gasteiger partial charge in [-0.3, -0.25) is 24.3 Å². The second-order valence-corrected chi connectivity index (χ2v) is 7.25. The molecule has 1 fully saturated rings. The fourth-order valence-electron chi connectivity index (χ4n) is 2.96. The van der Waals surface area contributed by atoms with Gasteiger partial charge in [-0.2, -0.15) is 0 Å². The number of pyridine rings is 1. The van der Waals surface area contributed by atoms with E-state index in [1.165, 1.54) is 21.3 Å². The summed E-state index contributed by atoms with van der Waals surface area (Å²) in [6.07, 6.45) is 4.84. The van der Waals surface area contributed by atoms with Crippen molar-refractivity contribution in [2.45, 2.75) is 0 Å². The number of ether oxygens (including phenoxy) is 3. The van der Waals surface area contributed by atoms with E-state index in [9.17, 15) is 14.4 Å². The van der Waals surface area contributed by atoms with Crippen molar-refractivity contribution < 1.29 is 28.6 Å². The van der Waals surface area contributed by atoms with Gasteiger partial charge < -0.3 is 19.5 Å². The third kappa shape index (κ3) is 4.80. The Hall–Kier alpha value is -3.53. The zero-order chi connectivity index (χ0) is 22.4. The molecular weight excluding hydrogens is 422 g/mol. The molecule has 1 aliphatic rings. The fourth-order valence-corrected chi connectivity index (χ4v) is 3.83. The van der Waals surface area contributed by atoms with E-state index in [0.29, 0.717) is 16.4 Å². The van der Waals surface area contributed by atoms with Crippen LogP contribution in [0.25, 0.3) is 6.08 Å². The lowest BCUT2D eigenvalue weighted by Crippen LogP contribution is -2.37. The molecule has 2 aromatic rings. The smallest absolute Gasteiger partial charge is 0.293 e. The van der Waals surface area contributed by atoms with Crippen molar-refractivity contribution in [1.29, 1.82) is 0 Å². The molecule has 0 bridgehead atoms. The summed E-state index contributed by atoms with van der Waals surface area (Å²) in [5.74, 6) is 0.107. The predicted molar refractivity (Wildman–Crippen MR) is 115 cm³/mol. The first kappa shape index (κ1) is 22.2. The van der Waals surface area contributed by atoms with Crippen molar-refractivity contribution in [3.63, 3.8) is 0 Å². The van der Waals surface area contributed by atoms with E-state index in [-0.39, 0.29) is 24.4 Å². The number of hydrogen-bond acceptors (Lipinski definition) is 8. The summed E-state index contributed by atoms with van der Waals surface area (Å²) < 4.78 is 15.8. The number of rotatable bonds is 8. The second-order valence-electron chi connectivity index (χ2n) is 6.26. The Morgan fingerprint density at radius 2 is 1.90 bits per heavy atom. The highest BCUT2D eigenvalue weighted by atomic mass is 32.2. The lowest BCUT2D eigenvalue weighted by Gasteiger charge is -2.16. The summed E-state index contributed by atoms with van der Waals surface area (Å²) in [5, 5.41) is 2.30. The fraction of sp³-hybridized carbons (Fsp3) is 0.238. The lowest BCUT2D eigenvalue weighted by molar-refractivity contribution is -0.122. The van der Waals surface area contributed by atoms with Crippen LogP contribution in [0.2, 0.25) is 0 Å². The van der Waals surface area contributed by atoms with E-state index in [2.05, 4.69) is 10.3 Å². The number of imide groups is 1. The molecule has 10 heteroatoms. The van der Waals surface area contributed by atoms with Crippen molar-refractivity contribution in [3.05, 3.63) is 52.7 Å². The quantitative estimate of drug-likeness (QED) is 0.621. The zero-order valence-corrected chi connectivity index (χ0v) is 18.0. The van der Waals surface area contributed by atoms with E-state index in [0.717, 1.165) is 22.2 Å². The first-order valence-corrected chi connectivity index (χ1v) is 10.0. The second kappa shape index (κ2) is 9.98. The molecule has 1 N–H and O–H groups in total. The Balaban J connectivity index is 1.65. The van der Waals surface area contributed by atoms with Gasteiger partial charge in [0.1, 0.15) is 0 Å². The van der Waals surface area contributed by atoms with Crippen LogP contribution in [0, 0.1) is 0 Å². The molecule has 3 rings (SSSR count). The largest absolute Gasteiger partial charge is 0.493 e. The van der Waals surface area contributed by atoms with E-state index in [1.807, 2.05) is 0 Å². The van der Waals surface area contributed by atoms with Crippen LogP contribution in [0.1, 0.15) is 15.9 Å². The van der Waals surface area contributed by atoms with Gasteiger partial charge in [0, 0.05) is 25.5 Å². The van der Waals surface area contributed by atoms with Crippen LogP contribution in [0.3, 0.4) is 0 Å². The predicted octanol–water partition coefficient (Wildman–Crippen LogP) is 2.57. The van der Waals surface area contributed by atoms with E-state index in [4.69, 9.17) is 14.2 Å². The molecule has 2 heterocycles. The summed E-state index contributed by atoms with van der Waals surface area (Å²) >= 11 is 0.855. The zero-order valence-electron chi connectivity index (χ0n) is 17.2.